The Morgan fingerprint density at radius 1 is 0.548 bits per heavy atom. The topological polar surface area (TPSA) is 106 Å². The van der Waals surface area contributed by atoms with Gasteiger partial charge in [0.1, 0.15) is 11.5 Å². The van der Waals surface area contributed by atoms with Crippen molar-refractivity contribution in [2.24, 2.45) is 33.5 Å². The molecule has 3 N–H and O–H groups in total. The minimum Gasteiger partial charge on any atom is -0.490 e. The molecule has 0 atom stereocenters. The Balaban J connectivity index is 0.000000235. The summed E-state index contributed by atoms with van der Waals surface area (Å²) >= 11 is 0. The molecule has 0 spiro atoms. The first-order valence-electron chi connectivity index (χ1n) is 23.3. The highest BCUT2D eigenvalue weighted by Crippen LogP contribution is 2.40. The molecule has 6 rings (SSSR count). The molecule has 4 aromatic rings. The summed E-state index contributed by atoms with van der Waals surface area (Å²) in [4.78, 5) is 23.3. The summed E-state index contributed by atoms with van der Waals surface area (Å²) in [6.45, 7) is 26.0. The van der Waals surface area contributed by atoms with Crippen molar-refractivity contribution in [3.05, 3.63) is 83.9 Å². The molecule has 0 unspecified atom stereocenters. The van der Waals surface area contributed by atoms with Crippen LogP contribution in [-0.2, 0) is 27.4 Å². The maximum atomic E-state index is 12.0. The first-order chi connectivity index (χ1) is 29.1. The second kappa shape index (κ2) is 21.0. The van der Waals surface area contributed by atoms with Crippen LogP contribution in [0.2, 0.25) is 0 Å². The summed E-state index contributed by atoms with van der Waals surface area (Å²) in [5.74, 6) is 2.57. The van der Waals surface area contributed by atoms with Gasteiger partial charge in [-0.25, -0.2) is 0 Å². The number of hydrogen-bond donors (Lipinski definition) is 3. The van der Waals surface area contributed by atoms with Crippen molar-refractivity contribution in [1.82, 2.24) is 10.6 Å². The van der Waals surface area contributed by atoms with E-state index in [0.29, 0.717) is 55.8 Å². The van der Waals surface area contributed by atoms with Crippen molar-refractivity contribution in [3.8, 4) is 11.5 Å². The molecule has 0 bridgehead atoms. The zero-order valence-corrected chi connectivity index (χ0v) is 39.9. The van der Waals surface area contributed by atoms with Gasteiger partial charge in [0.25, 0.3) is 0 Å². The van der Waals surface area contributed by atoms with Crippen LogP contribution in [0.1, 0.15) is 139 Å². The minimum atomic E-state index is -0.784. The van der Waals surface area contributed by atoms with Crippen LogP contribution in [0.5, 0.6) is 11.5 Å². The quantitative estimate of drug-likeness (QED) is 0.102. The number of hydrogen-bond acceptors (Lipinski definition) is 7. The van der Waals surface area contributed by atoms with Crippen LogP contribution in [0.15, 0.2) is 72.8 Å². The van der Waals surface area contributed by atoms with E-state index in [4.69, 9.17) is 14.2 Å². The zero-order chi connectivity index (χ0) is 45.3. The Kier molecular flexibility index (Phi) is 16.6. The minimum absolute atomic E-state index is 0.162. The van der Waals surface area contributed by atoms with E-state index in [1.54, 1.807) is 13.8 Å². The van der Waals surface area contributed by atoms with Gasteiger partial charge < -0.3 is 30.0 Å². The molecule has 0 radical (unpaired) electrons. The number of carbonyl (C=O) groups is 2. The normalized spacial score (nSPS) is 20.0. The average Bonchev–Trinajstić information content (AvgIpc) is 3.21. The summed E-state index contributed by atoms with van der Waals surface area (Å²) in [5, 5.41) is 20.6. The van der Waals surface area contributed by atoms with Crippen LogP contribution < -0.4 is 20.1 Å². The Morgan fingerprint density at radius 3 is 1.29 bits per heavy atom. The van der Waals surface area contributed by atoms with Crippen molar-refractivity contribution < 1.29 is 28.9 Å². The van der Waals surface area contributed by atoms with Crippen LogP contribution in [0.25, 0.3) is 21.5 Å². The summed E-state index contributed by atoms with van der Waals surface area (Å²) in [6.07, 6.45) is 10.2. The van der Waals surface area contributed by atoms with Gasteiger partial charge in [-0.05, 0) is 178 Å². The van der Waals surface area contributed by atoms with Gasteiger partial charge >= 0.3 is 11.9 Å². The highest BCUT2D eigenvalue weighted by Gasteiger charge is 2.32. The number of aliphatic carboxylic acids is 1. The van der Waals surface area contributed by atoms with Crippen LogP contribution in [0.4, 0.5) is 0 Å². The van der Waals surface area contributed by atoms with E-state index in [1.165, 1.54) is 52.8 Å². The smallest absolute Gasteiger partial charge is 0.312 e. The number of benzene rings is 4. The predicted octanol–water partition coefficient (Wildman–Crippen LogP) is 12.5. The number of ether oxygens (including phenoxy) is 3. The van der Waals surface area contributed by atoms with Crippen LogP contribution >= 0.6 is 0 Å². The summed E-state index contributed by atoms with van der Waals surface area (Å²) in [7, 11) is 0. The summed E-state index contributed by atoms with van der Waals surface area (Å²) in [5.41, 5.74) is 1.84. The lowest BCUT2D eigenvalue weighted by atomic mass is 9.72. The molecular formula is C54H78N2O6. The Labute approximate surface area is 373 Å². The molecular weight excluding hydrogens is 773 g/mol. The monoisotopic (exact) mass is 851 g/mol. The highest BCUT2D eigenvalue weighted by atomic mass is 16.5. The van der Waals surface area contributed by atoms with Crippen molar-refractivity contribution in [2.75, 3.05) is 19.7 Å². The average molecular weight is 851 g/mol. The molecule has 4 aromatic carbocycles. The fraction of sp³-hybridized carbons (Fsp3) is 0.593. The first kappa shape index (κ1) is 48.9. The molecule has 2 aliphatic carbocycles. The number of carboxylic acids is 1. The number of fused-ring (bicyclic) bond motifs is 2. The van der Waals surface area contributed by atoms with Gasteiger partial charge in [0.2, 0.25) is 0 Å². The van der Waals surface area contributed by atoms with Crippen LogP contribution in [0.3, 0.4) is 0 Å². The number of nitrogens with one attached hydrogen (secondary N) is 2. The maximum absolute atomic E-state index is 12.0. The SMILES string of the molecule is CC(C)(CNCc1ccc2cc(OC3CCC(C(C)(C)C)CC3)ccc2c1)C(=O)O.CCOC(=O)C(C)(C)CNCc1ccc2cc(OC3CCC(C(C)(C)C)CC3)ccc2c1. The molecule has 340 valence electrons. The van der Waals surface area contributed by atoms with Gasteiger partial charge in [-0.3, -0.25) is 9.59 Å². The third-order valence-electron chi connectivity index (χ3n) is 13.4. The van der Waals surface area contributed by atoms with Crippen molar-refractivity contribution in [1.29, 1.82) is 0 Å². The van der Waals surface area contributed by atoms with Gasteiger partial charge in [-0.1, -0.05) is 77.9 Å². The molecule has 62 heavy (non-hydrogen) atoms. The van der Waals surface area contributed by atoms with Gasteiger partial charge in [-0.15, -0.1) is 0 Å². The Bertz CT molecular complexity index is 2080. The lowest BCUT2D eigenvalue weighted by molar-refractivity contribution is -0.153. The molecule has 2 saturated carbocycles. The number of carbonyl (C=O) groups excluding carboxylic acids is 1. The Morgan fingerprint density at radius 2 is 0.919 bits per heavy atom. The molecule has 2 fully saturated rings. The molecule has 0 saturated heterocycles. The third kappa shape index (κ3) is 14.2. The Hall–Kier alpha value is -4.14. The van der Waals surface area contributed by atoms with Crippen molar-refractivity contribution in [3.63, 3.8) is 0 Å². The number of rotatable bonds is 15. The van der Waals surface area contributed by atoms with E-state index in [2.05, 4.69) is 125 Å². The molecule has 8 nitrogen and oxygen atoms in total. The molecule has 0 heterocycles. The van der Waals surface area contributed by atoms with Crippen molar-refractivity contribution in [2.45, 2.75) is 153 Å². The van der Waals surface area contributed by atoms with E-state index < -0.39 is 16.8 Å². The predicted molar refractivity (Wildman–Crippen MR) is 255 cm³/mol. The van der Waals surface area contributed by atoms with Gasteiger partial charge in [0.05, 0.1) is 29.6 Å². The van der Waals surface area contributed by atoms with Crippen LogP contribution in [0, 0.1) is 33.5 Å². The fourth-order valence-electron chi connectivity index (χ4n) is 8.90. The van der Waals surface area contributed by atoms with E-state index in [-0.39, 0.29) is 5.97 Å². The zero-order valence-electron chi connectivity index (χ0n) is 39.9. The third-order valence-corrected chi connectivity index (χ3v) is 13.4. The van der Waals surface area contributed by atoms with E-state index >= 15 is 0 Å². The largest absolute Gasteiger partial charge is 0.490 e. The number of carboxylic acid groups (broad SMARTS) is 1. The summed E-state index contributed by atoms with van der Waals surface area (Å²) < 4.78 is 17.8. The number of esters is 1. The highest BCUT2D eigenvalue weighted by molar-refractivity contribution is 5.85. The van der Waals surface area contributed by atoms with Gasteiger partial charge in [-0.2, -0.15) is 0 Å². The molecule has 0 aromatic heterocycles. The van der Waals surface area contributed by atoms with Crippen molar-refractivity contribution >= 4 is 33.5 Å². The first-order valence-corrected chi connectivity index (χ1v) is 23.3. The molecule has 8 heteroatoms. The standard InChI is InChI=1S/C28H41NO3.C26H37NO3/c1-7-31-26(30)28(5,6)19-29-18-20-8-9-22-17-25(13-10-21(22)16-20)32-24-14-11-23(12-15-24)27(2,3)4;1-25(2,3)21-9-12-22(13-10-21)30-23-11-8-19-14-18(6-7-20(19)15-23)16-27-17-26(4,5)24(28)29/h8-10,13,16-17,23-24,29H,7,11-12,14-15,18-19H2,1-6H3;6-8,11,14-15,21-22,27H,9-10,12-13,16-17H2,1-5H3,(H,28,29). The second-order valence-electron chi connectivity index (χ2n) is 21.6. The van der Waals surface area contributed by atoms with Gasteiger partial charge in [0, 0.05) is 26.2 Å². The second-order valence-corrected chi connectivity index (χ2v) is 21.6. The lowest BCUT2D eigenvalue weighted by Crippen LogP contribution is -2.37. The maximum Gasteiger partial charge on any atom is 0.312 e. The van der Waals surface area contributed by atoms with E-state index in [9.17, 15) is 14.7 Å². The fourth-order valence-corrected chi connectivity index (χ4v) is 8.90. The van der Waals surface area contributed by atoms with E-state index in [1.807, 2.05) is 20.8 Å². The van der Waals surface area contributed by atoms with Crippen LogP contribution in [-0.4, -0.2) is 48.9 Å². The summed E-state index contributed by atoms with van der Waals surface area (Å²) in [6, 6.07) is 25.6. The van der Waals surface area contributed by atoms with E-state index in [0.717, 1.165) is 54.6 Å². The molecule has 2 aliphatic rings. The lowest BCUT2D eigenvalue weighted by Gasteiger charge is -2.37. The molecule has 0 aliphatic heterocycles. The van der Waals surface area contributed by atoms with Gasteiger partial charge in [0.15, 0.2) is 0 Å². The molecule has 0 amide bonds.